The van der Waals surface area contributed by atoms with Crippen LogP contribution >= 0.6 is 12.6 Å². The summed E-state index contributed by atoms with van der Waals surface area (Å²) in [6, 6.07) is 0.623. The van der Waals surface area contributed by atoms with E-state index < -0.39 is 0 Å². The van der Waals surface area contributed by atoms with E-state index in [1.807, 2.05) is 0 Å². The molecule has 0 radical (unpaired) electrons. The number of hydrogen-bond acceptors (Lipinski definition) is 2. The summed E-state index contributed by atoms with van der Waals surface area (Å²) < 4.78 is 0. The molecule has 0 aliphatic rings. The van der Waals surface area contributed by atoms with Crippen molar-refractivity contribution in [2.24, 2.45) is 0 Å². The lowest BCUT2D eigenvalue weighted by Crippen LogP contribution is -2.23. The summed E-state index contributed by atoms with van der Waals surface area (Å²) >= 11 is 4.00. The van der Waals surface area contributed by atoms with Crippen LogP contribution in [0.2, 0.25) is 0 Å². The van der Waals surface area contributed by atoms with E-state index >= 15 is 0 Å². The molecule has 0 aromatic heterocycles. The van der Waals surface area contributed by atoms with Gasteiger partial charge in [0.2, 0.25) is 0 Å². The molecular weight excluding hydrogens is 106 g/mol. The van der Waals surface area contributed by atoms with Crippen LogP contribution in [0, 0.1) is 0 Å². The molecule has 1 N–H and O–H groups in total. The Bertz CT molecular complexity index is 39.1. The molecule has 0 rings (SSSR count). The first-order valence-electron chi connectivity index (χ1n) is 2.65. The molecule has 0 bridgehead atoms. The zero-order valence-electron chi connectivity index (χ0n) is 4.94. The second kappa shape index (κ2) is 4.47. The molecule has 1 nitrogen and oxygen atoms in total. The average molecular weight is 119 g/mol. The second-order valence-corrected chi connectivity index (χ2v) is 1.99. The van der Waals surface area contributed by atoms with Crippen molar-refractivity contribution in [1.29, 1.82) is 0 Å². The van der Waals surface area contributed by atoms with Gasteiger partial charge in [0.15, 0.2) is 0 Å². The van der Waals surface area contributed by atoms with E-state index in [4.69, 9.17) is 0 Å². The predicted molar refractivity (Wildman–Crippen MR) is 36.7 cm³/mol. The summed E-state index contributed by atoms with van der Waals surface area (Å²) in [5.74, 6) is 0.787. The third-order valence-electron chi connectivity index (χ3n) is 1.05. The monoisotopic (exact) mass is 119 g/mol. The fourth-order valence-electron chi connectivity index (χ4n) is 0.300. The van der Waals surface area contributed by atoms with Gasteiger partial charge >= 0.3 is 0 Å². The summed E-state index contributed by atoms with van der Waals surface area (Å²) in [5.41, 5.74) is 0. The lowest BCUT2D eigenvalue weighted by molar-refractivity contribution is 0.584. The number of nitrogens with one attached hydrogen (secondary N) is 1. The van der Waals surface area contributed by atoms with Crippen LogP contribution < -0.4 is 5.32 Å². The first kappa shape index (κ1) is 7.31. The second-order valence-electron chi connectivity index (χ2n) is 1.67. The molecule has 1 atom stereocenters. The van der Waals surface area contributed by atoms with Gasteiger partial charge in [0.25, 0.3) is 0 Å². The molecule has 0 amide bonds. The summed E-state index contributed by atoms with van der Waals surface area (Å²) in [7, 11) is 0. The smallest absolute Gasteiger partial charge is 0.0389 e. The van der Waals surface area contributed by atoms with Crippen molar-refractivity contribution in [2.45, 2.75) is 26.3 Å². The Hall–Kier alpha value is 0.310. The Morgan fingerprint density at radius 3 is 2.43 bits per heavy atom. The Morgan fingerprint density at radius 2 is 2.29 bits per heavy atom. The number of hydrogen-bond donors (Lipinski definition) is 2. The third kappa shape index (κ3) is 4.16. The van der Waals surface area contributed by atoms with Gasteiger partial charge in [-0.1, -0.05) is 6.92 Å². The van der Waals surface area contributed by atoms with Crippen LogP contribution in [0.3, 0.4) is 0 Å². The van der Waals surface area contributed by atoms with Gasteiger partial charge < -0.3 is 5.32 Å². The quantitative estimate of drug-likeness (QED) is 0.421. The highest BCUT2D eigenvalue weighted by molar-refractivity contribution is 7.80. The molecule has 0 aliphatic carbocycles. The average Bonchev–Trinajstić information content (AvgIpc) is 1.68. The minimum Gasteiger partial charge on any atom is -0.306 e. The first-order chi connectivity index (χ1) is 3.31. The highest BCUT2D eigenvalue weighted by Gasteiger charge is 1.90. The Balaban J connectivity index is 2.83. The van der Waals surface area contributed by atoms with Crippen molar-refractivity contribution < 1.29 is 0 Å². The van der Waals surface area contributed by atoms with Crippen molar-refractivity contribution in [3.05, 3.63) is 0 Å². The van der Waals surface area contributed by atoms with Crippen molar-refractivity contribution in [1.82, 2.24) is 5.32 Å². The minimum atomic E-state index is 0.623. The van der Waals surface area contributed by atoms with Gasteiger partial charge in [-0.15, -0.1) is 0 Å². The molecular formula is C5H13NS. The van der Waals surface area contributed by atoms with Gasteiger partial charge in [-0.2, -0.15) is 12.6 Å². The molecule has 2 heteroatoms. The first-order valence-corrected chi connectivity index (χ1v) is 3.28. The van der Waals surface area contributed by atoms with E-state index in [1.54, 1.807) is 0 Å². The van der Waals surface area contributed by atoms with Gasteiger partial charge in [0.05, 0.1) is 0 Å². The van der Waals surface area contributed by atoms with Crippen LogP contribution in [0.25, 0.3) is 0 Å². The van der Waals surface area contributed by atoms with E-state index in [0.717, 1.165) is 5.88 Å². The highest BCUT2D eigenvalue weighted by atomic mass is 32.1. The van der Waals surface area contributed by atoms with E-state index in [0.29, 0.717) is 6.04 Å². The summed E-state index contributed by atoms with van der Waals surface area (Å²) in [6.07, 6.45) is 1.18. The number of thiol groups is 1. The SMILES string of the molecule is CCC(C)NCS. The molecule has 0 saturated heterocycles. The molecule has 0 heterocycles. The van der Waals surface area contributed by atoms with Crippen molar-refractivity contribution in [2.75, 3.05) is 5.88 Å². The Kier molecular flexibility index (Phi) is 4.67. The molecule has 0 saturated carbocycles. The van der Waals surface area contributed by atoms with E-state index in [9.17, 15) is 0 Å². The van der Waals surface area contributed by atoms with Crippen LogP contribution in [0.4, 0.5) is 0 Å². The van der Waals surface area contributed by atoms with Crippen molar-refractivity contribution >= 4 is 12.6 Å². The van der Waals surface area contributed by atoms with Crippen molar-refractivity contribution in [3.8, 4) is 0 Å². The summed E-state index contributed by atoms with van der Waals surface area (Å²) in [6.45, 7) is 4.30. The fraction of sp³-hybridized carbons (Fsp3) is 1.00. The minimum absolute atomic E-state index is 0.623. The van der Waals surface area contributed by atoms with Crippen LogP contribution in [0.1, 0.15) is 20.3 Å². The Morgan fingerprint density at radius 1 is 1.71 bits per heavy atom. The highest BCUT2D eigenvalue weighted by Crippen LogP contribution is 1.85. The standard InChI is InChI=1S/C5H13NS/c1-3-5(2)6-4-7/h5-7H,3-4H2,1-2H3. The van der Waals surface area contributed by atoms with Crippen LogP contribution in [-0.2, 0) is 0 Å². The van der Waals surface area contributed by atoms with Crippen LogP contribution in [0.5, 0.6) is 0 Å². The van der Waals surface area contributed by atoms with E-state index in [-0.39, 0.29) is 0 Å². The van der Waals surface area contributed by atoms with E-state index in [1.165, 1.54) is 6.42 Å². The number of rotatable bonds is 3. The maximum atomic E-state index is 4.00. The third-order valence-corrected chi connectivity index (χ3v) is 1.23. The molecule has 0 aromatic rings. The van der Waals surface area contributed by atoms with Crippen LogP contribution in [-0.4, -0.2) is 11.9 Å². The zero-order valence-corrected chi connectivity index (χ0v) is 5.83. The molecule has 7 heavy (non-hydrogen) atoms. The Labute approximate surface area is 50.9 Å². The fourth-order valence-corrected chi connectivity index (χ4v) is 0.612. The molecule has 44 valence electrons. The van der Waals surface area contributed by atoms with Crippen LogP contribution in [0.15, 0.2) is 0 Å². The maximum Gasteiger partial charge on any atom is 0.0389 e. The van der Waals surface area contributed by atoms with Crippen molar-refractivity contribution in [3.63, 3.8) is 0 Å². The molecule has 0 aliphatic heterocycles. The summed E-state index contributed by atoms with van der Waals surface area (Å²) in [5, 5.41) is 3.16. The largest absolute Gasteiger partial charge is 0.306 e. The molecule has 1 unspecified atom stereocenters. The van der Waals surface area contributed by atoms with Gasteiger partial charge in [-0.3, -0.25) is 0 Å². The lowest BCUT2D eigenvalue weighted by Gasteiger charge is -2.05. The molecule has 0 spiro atoms. The van der Waals surface area contributed by atoms with E-state index in [2.05, 4.69) is 31.8 Å². The van der Waals surface area contributed by atoms with Gasteiger partial charge in [0, 0.05) is 11.9 Å². The maximum absolute atomic E-state index is 4.00. The lowest BCUT2D eigenvalue weighted by atomic mass is 10.3. The van der Waals surface area contributed by atoms with Gasteiger partial charge in [-0.25, -0.2) is 0 Å². The topological polar surface area (TPSA) is 12.0 Å². The molecule has 0 fully saturated rings. The normalized spacial score (nSPS) is 14.1. The molecule has 0 aromatic carbocycles. The predicted octanol–water partition coefficient (Wildman–Crippen LogP) is 1.26. The zero-order chi connectivity index (χ0) is 5.70. The summed E-state index contributed by atoms with van der Waals surface area (Å²) in [4.78, 5) is 0. The van der Waals surface area contributed by atoms with Gasteiger partial charge in [0.1, 0.15) is 0 Å². The van der Waals surface area contributed by atoms with Gasteiger partial charge in [-0.05, 0) is 13.3 Å².